The quantitative estimate of drug-likeness (QED) is 0.189. The molecule has 0 spiro atoms. The number of hydrogen-bond donors (Lipinski definition) is 4. The smallest absolute Gasteiger partial charge is 0.338 e. The number of thioether (sulfide) groups is 1. The minimum atomic E-state index is -4.02. The molecule has 0 aliphatic carbocycles. The molecule has 4 atom stereocenters. The summed E-state index contributed by atoms with van der Waals surface area (Å²) in [6.07, 6.45) is -2.97. The molecule has 0 bridgehead atoms. The third-order valence-corrected chi connectivity index (χ3v) is 4.46. The van der Waals surface area contributed by atoms with Crippen molar-refractivity contribution in [2.75, 3.05) is 7.11 Å². The summed E-state index contributed by atoms with van der Waals surface area (Å²) in [5.41, 5.74) is -11.7. The third kappa shape index (κ3) is 3.15. The van der Waals surface area contributed by atoms with Crippen LogP contribution < -0.4 is 0 Å². The molecular formula is C14H17NO10S. The van der Waals surface area contributed by atoms with E-state index in [-0.39, 0.29) is 11.8 Å². The second-order valence-corrected chi connectivity index (χ2v) is 6.02. The second kappa shape index (κ2) is 8.02. The van der Waals surface area contributed by atoms with Crippen LogP contribution >= 0.6 is 11.8 Å². The van der Waals surface area contributed by atoms with Gasteiger partial charge in [-0.25, -0.2) is 4.79 Å². The predicted octanol–water partition coefficient (Wildman–Crippen LogP) is -2.78. The van der Waals surface area contributed by atoms with Crippen molar-refractivity contribution in [1.82, 2.24) is 0 Å². The molecule has 0 aromatic rings. The highest BCUT2D eigenvalue weighted by atomic mass is 32.2. The van der Waals surface area contributed by atoms with Gasteiger partial charge >= 0.3 is 5.97 Å². The lowest BCUT2D eigenvalue weighted by molar-refractivity contribution is -0.243. The fourth-order valence-corrected chi connectivity index (χ4v) is 2.91. The van der Waals surface area contributed by atoms with Gasteiger partial charge in [0.15, 0.2) is 29.1 Å². The van der Waals surface area contributed by atoms with Crippen LogP contribution in [0.3, 0.4) is 0 Å². The summed E-state index contributed by atoms with van der Waals surface area (Å²) in [4.78, 5) is 59.8. The normalized spacial score (nSPS) is 18.9. The van der Waals surface area contributed by atoms with Gasteiger partial charge in [-0.15, -0.1) is 0 Å². The zero-order chi connectivity index (χ0) is 21.1. The zero-order valence-corrected chi connectivity index (χ0v) is 15.0. The van der Waals surface area contributed by atoms with Crippen molar-refractivity contribution in [3.63, 3.8) is 0 Å². The van der Waals surface area contributed by atoms with Crippen molar-refractivity contribution in [3.8, 4) is 5.40 Å². The molecule has 0 heterocycles. The number of esters is 1. The number of nitrogens with zero attached hydrogens (tertiary/aromatic N) is 1. The molecule has 4 N–H and O–H groups in total. The van der Waals surface area contributed by atoms with Crippen LogP contribution in [0.5, 0.6) is 0 Å². The number of aliphatic hydroxyl groups is 4. The average Bonchev–Trinajstić information content (AvgIpc) is 2.57. The van der Waals surface area contributed by atoms with Crippen molar-refractivity contribution in [3.05, 3.63) is 0 Å². The zero-order valence-electron chi connectivity index (χ0n) is 14.2. The number of ketones is 3. The van der Waals surface area contributed by atoms with Gasteiger partial charge in [0.2, 0.25) is 16.3 Å². The Balaban J connectivity index is 7.14. The molecule has 0 saturated carbocycles. The average molecular weight is 391 g/mol. The summed E-state index contributed by atoms with van der Waals surface area (Å²) in [5, 5.41) is 49.9. The fraction of sp³-hybridized carbons (Fsp3) is 0.571. The monoisotopic (exact) mass is 391 g/mol. The first-order valence-corrected chi connectivity index (χ1v) is 7.59. The molecule has 0 aliphatic rings. The largest absolute Gasteiger partial charge is 0.467 e. The minimum absolute atomic E-state index is 0.372. The van der Waals surface area contributed by atoms with Gasteiger partial charge in [0.05, 0.1) is 7.11 Å². The maximum absolute atomic E-state index is 12.1. The maximum Gasteiger partial charge on any atom is 0.338 e. The Morgan fingerprint density at radius 3 is 1.73 bits per heavy atom. The summed E-state index contributed by atoms with van der Waals surface area (Å²) in [5.74, 6) is -6.72. The van der Waals surface area contributed by atoms with Gasteiger partial charge in [0.25, 0.3) is 0 Å². The lowest BCUT2D eigenvalue weighted by atomic mass is 9.63. The number of nitriles is 1. The van der Waals surface area contributed by atoms with E-state index < -0.39 is 51.3 Å². The van der Waals surface area contributed by atoms with E-state index in [0.717, 1.165) is 7.11 Å². The highest BCUT2D eigenvalue weighted by molar-refractivity contribution is 8.17. The number of Topliss-reactive ketones (excluding diaryl/α,β-unsaturated/α-hetero) is 3. The summed E-state index contributed by atoms with van der Waals surface area (Å²) in [7, 11) is 0.729. The van der Waals surface area contributed by atoms with E-state index in [1.54, 1.807) is 0 Å². The molecule has 26 heavy (non-hydrogen) atoms. The van der Waals surface area contributed by atoms with Crippen molar-refractivity contribution >= 4 is 40.2 Å². The van der Waals surface area contributed by atoms with Crippen molar-refractivity contribution < 1.29 is 49.1 Å². The molecule has 12 heteroatoms. The van der Waals surface area contributed by atoms with E-state index >= 15 is 0 Å². The Morgan fingerprint density at radius 1 is 1.00 bits per heavy atom. The first-order valence-electron chi connectivity index (χ1n) is 6.77. The summed E-state index contributed by atoms with van der Waals surface area (Å²) >= 11 is -0.372. The van der Waals surface area contributed by atoms with Crippen LogP contribution in [0.4, 0.5) is 0 Å². The number of ether oxygens (including phenoxy) is 1. The van der Waals surface area contributed by atoms with Crippen LogP contribution in [0.25, 0.3) is 0 Å². The Hall–Kier alpha value is -2.17. The highest BCUT2D eigenvalue weighted by Crippen LogP contribution is 2.41. The van der Waals surface area contributed by atoms with Gasteiger partial charge in [-0.3, -0.25) is 19.2 Å². The Kier molecular flexibility index (Phi) is 7.35. The summed E-state index contributed by atoms with van der Waals surface area (Å²) in [6, 6.07) is 0. The fourth-order valence-electron chi connectivity index (χ4n) is 2.39. The van der Waals surface area contributed by atoms with Gasteiger partial charge in [-0.2, -0.15) is 5.26 Å². The molecule has 11 nitrogen and oxygen atoms in total. The van der Waals surface area contributed by atoms with Crippen LogP contribution in [0.2, 0.25) is 0 Å². The Bertz CT molecular complexity index is 700. The third-order valence-electron chi connectivity index (χ3n) is 3.88. The number of carbonyl (C=O) groups is 5. The lowest BCUT2D eigenvalue weighted by Gasteiger charge is -2.47. The van der Waals surface area contributed by atoms with E-state index in [1.165, 1.54) is 5.40 Å². The molecule has 0 saturated heterocycles. The number of aliphatic hydroxyl groups excluding tert-OH is 1. The van der Waals surface area contributed by atoms with Crippen LogP contribution in [-0.4, -0.2) is 78.9 Å². The van der Waals surface area contributed by atoms with Gasteiger partial charge in [-0.05, 0) is 20.8 Å². The topological polar surface area (TPSA) is 199 Å². The van der Waals surface area contributed by atoms with Gasteiger partial charge in [0.1, 0.15) is 5.40 Å². The van der Waals surface area contributed by atoms with Crippen molar-refractivity contribution in [2.45, 2.75) is 43.7 Å². The predicted molar refractivity (Wildman–Crippen MR) is 83.1 cm³/mol. The molecule has 0 fully saturated rings. The van der Waals surface area contributed by atoms with Crippen LogP contribution in [0, 0.1) is 10.7 Å². The Labute approximate surface area is 151 Å². The van der Waals surface area contributed by atoms with Crippen molar-refractivity contribution in [1.29, 1.82) is 5.26 Å². The minimum Gasteiger partial charge on any atom is -0.467 e. The lowest BCUT2D eigenvalue weighted by Crippen LogP contribution is -2.81. The van der Waals surface area contributed by atoms with Crippen LogP contribution in [0.1, 0.15) is 20.8 Å². The molecule has 0 aromatic carbocycles. The van der Waals surface area contributed by atoms with E-state index in [2.05, 4.69) is 4.74 Å². The number of rotatable bonds is 8. The molecule has 0 aromatic heterocycles. The summed E-state index contributed by atoms with van der Waals surface area (Å²) in [6.45, 7) is 1.52. The highest BCUT2D eigenvalue weighted by Gasteiger charge is 2.75. The number of thiocyanates is 1. The first kappa shape index (κ1) is 23.8. The molecular weight excluding hydrogens is 374 g/mol. The SMILES string of the molecule is COC(=O)[C@@H](O)[C@](O)(C(C)=O)[C@@](O)(C(C)=O)[C@](O)(C(C)=O)C(=O)SC#N. The van der Waals surface area contributed by atoms with Gasteiger partial charge < -0.3 is 25.2 Å². The second-order valence-electron chi connectivity index (χ2n) is 5.26. The number of hydrogen-bond acceptors (Lipinski definition) is 12. The van der Waals surface area contributed by atoms with Crippen LogP contribution in [-0.2, 0) is 28.7 Å². The van der Waals surface area contributed by atoms with Gasteiger partial charge in [-0.1, -0.05) is 0 Å². The number of methoxy groups -OCH3 is 1. The van der Waals surface area contributed by atoms with E-state index in [4.69, 9.17) is 5.26 Å². The van der Waals surface area contributed by atoms with E-state index in [1.807, 2.05) is 0 Å². The summed E-state index contributed by atoms with van der Waals surface area (Å²) < 4.78 is 4.13. The molecule has 0 aliphatic heterocycles. The Morgan fingerprint density at radius 2 is 1.46 bits per heavy atom. The van der Waals surface area contributed by atoms with E-state index in [9.17, 15) is 44.4 Å². The number of carbonyl (C=O) groups excluding carboxylic acids is 5. The van der Waals surface area contributed by atoms with Crippen LogP contribution in [0.15, 0.2) is 0 Å². The van der Waals surface area contributed by atoms with Crippen molar-refractivity contribution in [2.24, 2.45) is 0 Å². The first-order chi connectivity index (χ1) is 11.7. The molecule has 0 unspecified atom stereocenters. The molecule has 144 valence electrons. The molecule has 0 radical (unpaired) electrons. The molecule has 0 amide bonds. The van der Waals surface area contributed by atoms with E-state index in [0.29, 0.717) is 20.8 Å². The maximum atomic E-state index is 12.1. The molecule has 0 rings (SSSR count). The standard InChI is InChI=1S/C14H17NO10S/c1-6(16)12(22,9(19)10(20)25-4)14(24,8(3)18)13(23,7(2)17)11(21)26-5-15/h9,19,22-24H,1-4H3/t9-,12-,13+,14+/m1/s1. The van der Waals surface area contributed by atoms with Gasteiger partial charge in [0, 0.05) is 11.8 Å².